The quantitative estimate of drug-likeness (QED) is 0.395. The maximum Gasteiger partial charge on any atom is 0.131 e. The Morgan fingerprint density at radius 3 is 1.66 bits per heavy atom. The highest BCUT2D eigenvalue weighted by atomic mass is 32.2. The summed E-state index contributed by atoms with van der Waals surface area (Å²) in [4.78, 5) is 2.92. The van der Waals surface area contributed by atoms with Gasteiger partial charge >= 0.3 is 0 Å². The summed E-state index contributed by atoms with van der Waals surface area (Å²) in [6.07, 6.45) is 2.17. The van der Waals surface area contributed by atoms with Gasteiger partial charge in [-0.2, -0.15) is 0 Å². The Bertz CT molecular complexity index is 1040. The third-order valence-corrected chi connectivity index (χ3v) is 6.46. The van der Waals surface area contributed by atoms with Crippen molar-refractivity contribution in [2.24, 2.45) is 0 Å². The van der Waals surface area contributed by atoms with Crippen LogP contribution in [0.3, 0.4) is 0 Å². The second kappa shape index (κ2) is 10.9. The topological polar surface area (TPSA) is 36.9 Å². The van der Waals surface area contributed by atoms with E-state index in [1.165, 1.54) is 0 Å². The second-order valence-corrected chi connectivity index (χ2v) is 9.76. The first-order chi connectivity index (χ1) is 15.3. The monoisotopic (exact) mass is 470 g/mol. The molecule has 32 heavy (non-hydrogen) atoms. The van der Waals surface area contributed by atoms with E-state index in [-0.39, 0.29) is 12.2 Å². The molecule has 0 bridgehead atoms. The van der Waals surface area contributed by atoms with Gasteiger partial charge in [0.25, 0.3) is 0 Å². The largest absolute Gasteiger partial charge is 0.496 e. The van der Waals surface area contributed by atoms with Crippen LogP contribution in [0.2, 0.25) is 0 Å². The maximum atomic E-state index is 6.10. The van der Waals surface area contributed by atoms with Gasteiger partial charge in [0, 0.05) is 14.7 Å². The predicted molar refractivity (Wildman–Crippen MR) is 138 cm³/mol. The number of hydrogen-bond acceptors (Lipinski definition) is 6. The molecule has 0 atom stereocenters. The zero-order chi connectivity index (χ0) is 23.3. The molecule has 0 aliphatic carbocycles. The molecule has 2 aromatic carbocycles. The number of thioether (sulfide) groups is 2. The Labute approximate surface area is 199 Å². The fourth-order valence-corrected chi connectivity index (χ4v) is 5.34. The van der Waals surface area contributed by atoms with Crippen molar-refractivity contribution in [2.45, 2.75) is 39.9 Å². The molecule has 0 fully saturated rings. The van der Waals surface area contributed by atoms with Crippen molar-refractivity contribution >= 4 is 33.3 Å². The molecule has 1 aliphatic rings. The molecule has 3 rings (SSSR count). The van der Waals surface area contributed by atoms with Gasteiger partial charge in [-0.05, 0) is 63.4 Å². The van der Waals surface area contributed by atoms with E-state index in [0.717, 1.165) is 48.8 Å². The van der Waals surface area contributed by atoms with Gasteiger partial charge in [0.1, 0.15) is 23.0 Å². The molecule has 0 aromatic heterocycles. The predicted octanol–water partition coefficient (Wildman–Crippen LogP) is 7.61. The number of rotatable bonds is 8. The molecule has 6 heteroatoms. The number of hydrogen-bond donors (Lipinski definition) is 0. The second-order valence-electron chi connectivity index (χ2n) is 7.68. The van der Waals surface area contributed by atoms with Gasteiger partial charge in [-0.15, -0.1) is 0 Å². The Balaban J connectivity index is 2.07. The van der Waals surface area contributed by atoms with Crippen LogP contribution in [0, 0.1) is 0 Å². The molecule has 0 saturated carbocycles. The minimum absolute atomic E-state index is 0.0465. The summed E-state index contributed by atoms with van der Waals surface area (Å²) >= 11 is 3.20. The Morgan fingerprint density at radius 1 is 0.719 bits per heavy atom. The van der Waals surface area contributed by atoms with Crippen LogP contribution in [0.5, 0.6) is 23.0 Å². The summed E-state index contributed by atoms with van der Waals surface area (Å²) in [7, 11) is 3.35. The number of methoxy groups -OCH3 is 2. The van der Waals surface area contributed by atoms with Gasteiger partial charge in [-0.3, -0.25) is 0 Å². The molecule has 0 radical (unpaired) electrons. The van der Waals surface area contributed by atoms with Crippen LogP contribution in [0.25, 0.3) is 9.81 Å². The molecule has 0 spiro atoms. The lowest BCUT2D eigenvalue weighted by Gasteiger charge is -2.18. The normalized spacial score (nSPS) is 14.1. The highest BCUT2D eigenvalue weighted by molar-refractivity contribution is 8.16. The minimum atomic E-state index is 0.0465. The Morgan fingerprint density at radius 2 is 1.19 bits per heavy atom. The molecule has 170 valence electrons. The lowest BCUT2D eigenvalue weighted by Crippen LogP contribution is -2.07. The van der Waals surface area contributed by atoms with Gasteiger partial charge in [0.2, 0.25) is 0 Å². The average molecular weight is 471 g/mol. The fraction of sp³-hybridized carbons (Fsp3) is 0.308. The van der Waals surface area contributed by atoms with E-state index < -0.39 is 0 Å². The summed E-state index contributed by atoms with van der Waals surface area (Å²) in [5.74, 6) is 3.10. The molecule has 0 saturated heterocycles. The van der Waals surface area contributed by atoms with E-state index in [4.69, 9.17) is 18.9 Å². The van der Waals surface area contributed by atoms with Crippen molar-refractivity contribution in [3.8, 4) is 23.0 Å². The van der Waals surface area contributed by atoms with Crippen molar-refractivity contribution in [1.29, 1.82) is 0 Å². The van der Waals surface area contributed by atoms with Crippen molar-refractivity contribution in [1.82, 2.24) is 0 Å². The average Bonchev–Trinajstić information content (AvgIpc) is 2.93. The first-order valence-electron chi connectivity index (χ1n) is 10.5. The zero-order valence-electron chi connectivity index (χ0n) is 19.4. The molecule has 4 nitrogen and oxygen atoms in total. The van der Waals surface area contributed by atoms with Crippen LogP contribution in [0.1, 0.15) is 38.8 Å². The fourth-order valence-electron chi connectivity index (χ4n) is 3.29. The van der Waals surface area contributed by atoms with Crippen molar-refractivity contribution in [2.75, 3.05) is 14.2 Å². The lowest BCUT2D eigenvalue weighted by atomic mass is 10.1. The van der Waals surface area contributed by atoms with E-state index in [1.54, 1.807) is 37.7 Å². The van der Waals surface area contributed by atoms with E-state index in [0.29, 0.717) is 0 Å². The molecule has 2 aromatic rings. The van der Waals surface area contributed by atoms with Crippen LogP contribution < -0.4 is 18.9 Å². The van der Waals surface area contributed by atoms with Crippen LogP contribution in [-0.4, -0.2) is 26.4 Å². The summed E-state index contributed by atoms with van der Waals surface area (Å²) in [5, 5.41) is 2.12. The summed E-state index contributed by atoms with van der Waals surface area (Å²) in [6.45, 7) is 12.4. The Hall–Kier alpha value is -2.44. The standard InChI is InChI=1S/C26H30O4S2/c1-16(2)29-21-12-8-10-19(27-6)25(21)23-14-18(5)32-24(15-31-23)26-20(28-7)11-9-13-22(26)30-17(3)4/h8-17H,5H2,1-4,6-7H3. The van der Waals surface area contributed by atoms with Crippen molar-refractivity contribution in [3.63, 3.8) is 0 Å². The van der Waals surface area contributed by atoms with Gasteiger partial charge < -0.3 is 18.9 Å². The summed E-state index contributed by atoms with van der Waals surface area (Å²) in [5.41, 5.74) is 1.85. The molecule has 0 amide bonds. The smallest absolute Gasteiger partial charge is 0.131 e. The van der Waals surface area contributed by atoms with Gasteiger partial charge in [0.05, 0.1) is 37.6 Å². The number of allylic oxidation sites excluding steroid dienone is 1. The van der Waals surface area contributed by atoms with Crippen LogP contribution in [0.15, 0.2) is 59.4 Å². The maximum absolute atomic E-state index is 6.10. The molecule has 0 N–H and O–H groups in total. The summed E-state index contributed by atoms with van der Waals surface area (Å²) in [6, 6.07) is 11.7. The van der Waals surface area contributed by atoms with Crippen LogP contribution in [-0.2, 0) is 0 Å². The minimum Gasteiger partial charge on any atom is -0.496 e. The molecular formula is C26H30O4S2. The van der Waals surface area contributed by atoms with Crippen LogP contribution >= 0.6 is 23.5 Å². The van der Waals surface area contributed by atoms with E-state index in [1.807, 2.05) is 64.1 Å². The Kier molecular flexibility index (Phi) is 8.26. The van der Waals surface area contributed by atoms with E-state index in [2.05, 4.69) is 18.1 Å². The van der Waals surface area contributed by atoms with Crippen molar-refractivity contribution in [3.05, 3.63) is 70.5 Å². The summed E-state index contributed by atoms with van der Waals surface area (Å²) < 4.78 is 23.5. The zero-order valence-corrected chi connectivity index (χ0v) is 21.1. The SMILES string of the molecule is C=C1C=C(c2c(OC)cccc2OC(C)C)SC=C(c2c(OC)cccc2OC(C)C)S1. The van der Waals surface area contributed by atoms with E-state index >= 15 is 0 Å². The van der Waals surface area contributed by atoms with E-state index in [9.17, 15) is 0 Å². The number of ether oxygens (including phenoxy) is 4. The third kappa shape index (κ3) is 5.67. The third-order valence-electron chi connectivity index (χ3n) is 4.46. The van der Waals surface area contributed by atoms with Crippen molar-refractivity contribution < 1.29 is 18.9 Å². The first-order valence-corrected chi connectivity index (χ1v) is 12.2. The lowest BCUT2D eigenvalue weighted by molar-refractivity contribution is 0.240. The molecule has 0 unspecified atom stereocenters. The highest BCUT2D eigenvalue weighted by Gasteiger charge is 2.23. The van der Waals surface area contributed by atoms with Gasteiger partial charge in [-0.25, -0.2) is 0 Å². The first kappa shape index (κ1) is 24.2. The van der Waals surface area contributed by atoms with Crippen LogP contribution in [0.4, 0.5) is 0 Å². The van der Waals surface area contributed by atoms with Gasteiger partial charge in [0.15, 0.2) is 0 Å². The number of benzene rings is 2. The highest BCUT2D eigenvalue weighted by Crippen LogP contribution is 2.51. The molecular weight excluding hydrogens is 440 g/mol. The van der Waals surface area contributed by atoms with Gasteiger partial charge in [-0.1, -0.05) is 42.2 Å². The molecule has 1 heterocycles. The molecule has 1 aliphatic heterocycles.